The second-order valence-corrected chi connectivity index (χ2v) is 7.83. The lowest BCUT2D eigenvalue weighted by molar-refractivity contribution is -0.138. The molecule has 2 atom stereocenters. The standard InChI is InChI=1S/C18H24F3NO3/c1-16(2)8-12(23)9-17(3,10-16)15(24)22-11-5-6-14(25-4)13(7-11)18(19,20)21/h5-7,12,23H,8-10H2,1-4H3,(H,22,24). The van der Waals surface area contributed by atoms with E-state index in [9.17, 15) is 23.1 Å². The van der Waals surface area contributed by atoms with E-state index in [2.05, 4.69) is 5.32 Å². The number of nitrogens with one attached hydrogen (secondary N) is 1. The minimum atomic E-state index is -4.58. The predicted octanol–water partition coefficient (Wildman–Crippen LogP) is 4.23. The topological polar surface area (TPSA) is 58.6 Å². The molecule has 2 N–H and O–H groups in total. The van der Waals surface area contributed by atoms with Gasteiger partial charge in [0.15, 0.2) is 0 Å². The Morgan fingerprint density at radius 3 is 2.44 bits per heavy atom. The van der Waals surface area contributed by atoms with Crippen LogP contribution in [0.4, 0.5) is 18.9 Å². The van der Waals surface area contributed by atoms with Crippen LogP contribution in [0.1, 0.15) is 45.6 Å². The maximum atomic E-state index is 13.1. The van der Waals surface area contributed by atoms with Gasteiger partial charge in [0.1, 0.15) is 5.75 Å². The third-order valence-corrected chi connectivity index (χ3v) is 4.65. The molecule has 1 saturated carbocycles. The number of halogens is 3. The molecule has 1 aliphatic rings. The fraction of sp³-hybridized carbons (Fsp3) is 0.611. The van der Waals surface area contributed by atoms with Gasteiger partial charge in [0, 0.05) is 11.1 Å². The number of hydrogen-bond acceptors (Lipinski definition) is 3. The number of amides is 1. The molecule has 25 heavy (non-hydrogen) atoms. The van der Waals surface area contributed by atoms with Crippen LogP contribution in [0.5, 0.6) is 5.75 Å². The van der Waals surface area contributed by atoms with E-state index in [0.29, 0.717) is 12.8 Å². The van der Waals surface area contributed by atoms with Gasteiger partial charge < -0.3 is 15.2 Å². The van der Waals surface area contributed by atoms with Crippen molar-refractivity contribution in [1.82, 2.24) is 0 Å². The third kappa shape index (κ3) is 4.45. The number of methoxy groups -OCH3 is 1. The molecule has 140 valence electrons. The quantitative estimate of drug-likeness (QED) is 0.849. The van der Waals surface area contributed by atoms with Crippen molar-refractivity contribution in [2.45, 2.75) is 52.3 Å². The number of benzene rings is 1. The Labute approximate surface area is 145 Å². The maximum Gasteiger partial charge on any atom is 0.420 e. The summed E-state index contributed by atoms with van der Waals surface area (Å²) in [6.45, 7) is 5.67. The van der Waals surface area contributed by atoms with E-state index in [1.807, 2.05) is 13.8 Å². The molecule has 2 unspecified atom stereocenters. The molecule has 1 aliphatic carbocycles. The minimum Gasteiger partial charge on any atom is -0.496 e. The lowest BCUT2D eigenvalue weighted by Gasteiger charge is -2.44. The molecule has 1 aromatic carbocycles. The van der Waals surface area contributed by atoms with Crippen molar-refractivity contribution in [2.24, 2.45) is 10.8 Å². The van der Waals surface area contributed by atoms with Crippen molar-refractivity contribution in [3.8, 4) is 5.75 Å². The highest BCUT2D eigenvalue weighted by Crippen LogP contribution is 2.47. The van der Waals surface area contributed by atoms with E-state index < -0.39 is 29.2 Å². The molecule has 4 nitrogen and oxygen atoms in total. The molecular formula is C18H24F3NO3. The van der Waals surface area contributed by atoms with Crippen LogP contribution in [0.3, 0.4) is 0 Å². The molecule has 0 spiro atoms. The summed E-state index contributed by atoms with van der Waals surface area (Å²) in [4.78, 5) is 12.7. The SMILES string of the molecule is COc1ccc(NC(=O)C2(C)CC(O)CC(C)(C)C2)cc1C(F)(F)F. The Morgan fingerprint density at radius 2 is 1.92 bits per heavy atom. The second-order valence-electron chi connectivity index (χ2n) is 7.83. The highest BCUT2D eigenvalue weighted by atomic mass is 19.4. The summed E-state index contributed by atoms with van der Waals surface area (Å²) in [7, 11) is 1.16. The van der Waals surface area contributed by atoms with Crippen LogP contribution >= 0.6 is 0 Å². The van der Waals surface area contributed by atoms with Crippen molar-refractivity contribution in [1.29, 1.82) is 0 Å². The monoisotopic (exact) mass is 359 g/mol. The van der Waals surface area contributed by atoms with Crippen LogP contribution in [0.2, 0.25) is 0 Å². The van der Waals surface area contributed by atoms with Crippen LogP contribution in [-0.2, 0) is 11.0 Å². The average molecular weight is 359 g/mol. The Hall–Kier alpha value is -1.76. The van der Waals surface area contributed by atoms with Crippen LogP contribution in [0, 0.1) is 10.8 Å². The van der Waals surface area contributed by atoms with Crippen LogP contribution in [-0.4, -0.2) is 24.2 Å². The van der Waals surface area contributed by atoms with E-state index in [-0.39, 0.29) is 23.3 Å². The predicted molar refractivity (Wildman–Crippen MR) is 88.4 cm³/mol. The number of hydrogen-bond donors (Lipinski definition) is 2. The summed E-state index contributed by atoms with van der Waals surface area (Å²) < 4.78 is 44.1. The summed E-state index contributed by atoms with van der Waals surface area (Å²) in [6, 6.07) is 3.42. The molecule has 0 saturated heterocycles. The number of rotatable bonds is 3. The Balaban J connectivity index is 2.26. The van der Waals surface area contributed by atoms with Gasteiger partial charge in [-0.05, 0) is 42.9 Å². The van der Waals surface area contributed by atoms with Gasteiger partial charge in [0.05, 0.1) is 18.8 Å². The smallest absolute Gasteiger partial charge is 0.420 e. The molecule has 0 aromatic heterocycles. The van der Waals surface area contributed by atoms with Crippen molar-refractivity contribution in [3.63, 3.8) is 0 Å². The van der Waals surface area contributed by atoms with Crippen LogP contribution < -0.4 is 10.1 Å². The van der Waals surface area contributed by atoms with Gasteiger partial charge in [-0.1, -0.05) is 20.8 Å². The van der Waals surface area contributed by atoms with Gasteiger partial charge in [-0.15, -0.1) is 0 Å². The Bertz CT molecular complexity index is 657. The van der Waals surface area contributed by atoms with Crippen molar-refractivity contribution >= 4 is 11.6 Å². The third-order valence-electron chi connectivity index (χ3n) is 4.65. The summed E-state index contributed by atoms with van der Waals surface area (Å²) >= 11 is 0. The molecule has 2 rings (SSSR count). The number of alkyl halides is 3. The summed E-state index contributed by atoms with van der Waals surface area (Å²) in [5.41, 5.74) is -1.96. The summed E-state index contributed by atoms with van der Waals surface area (Å²) in [6.07, 6.45) is -3.77. The molecule has 1 amide bonds. The molecule has 0 heterocycles. The first kappa shape index (κ1) is 19.6. The van der Waals surface area contributed by atoms with Gasteiger partial charge in [-0.3, -0.25) is 4.79 Å². The first-order chi connectivity index (χ1) is 11.4. The summed E-state index contributed by atoms with van der Waals surface area (Å²) in [5, 5.41) is 12.6. The van der Waals surface area contributed by atoms with Gasteiger partial charge >= 0.3 is 6.18 Å². The van der Waals surface area contributed by atoms with E-state index in [1.54, 1.807) is 6.92 Å². The average Bonchev–Trinajstić information content (AvgIpc) is 2.43. The Morgan fingerprint density at radius 1 is 1.28 bits per heavy atom. The van der Waals surface area contributed by atoms with Crippen molar-refractivity contribution < 1.29 is 27.8 Å². The Kier molecular flexibility index (Phi) is 5.10. The zero-order valence-corrected chi connectivity index (χ0v) is 14.8. The number of carbonyl (C=O) groups is 1. The van der Waals surface area contributed by atoms with E-state index in [0.717, 1.165) is 13.2 Å². The first-order valence-corrected chi connectivity index (χ1v) is 8.11. The van der Waals surface area contributed by atoms with E-state index in [1.165, 1.54) is 12.1 Å². The minimum absolute atomic E-state index is 0.0530. The molecule has 0 radical (unpaired) electrons. The highest BCUT2D eigenvalue weighted by Gasteiger charge is 2.45. The molecule has 7 heteroatoms. The van der Waals surface area contributed by atoms with Crippen LogP contribution in [0.25, 0.3) is 0 Å². The number of aliphatic hydroxyl groups excluding tert-OH is 1. The molecule has 0 bridgehead atoms. The van der Waals surface area contributed by atoms with Gasteiger partial charge in [0.2, 0.25) is 5.91 Å². The van der Waals surface area contributed by atoms with Gasteiger partial charge in [0.25, 0.3) is 0 Å². The zero-order chi connectivity index (χ0) is 19.0. The van der Waals surface area contributed by atoms with Gasteiger partial charge in [-0.2, -0.15) is 13.2 Å². The number of carbonyl (C=O) groups excluding carboxylic acids is 1. The summed E-state index contributed by atoms with van der Waals surface area (Å²) in [5.74, 6) is -0.691. The normalized spacial score (nSPS) is 26.2. The van der Waals surface area contributed by atoms with Crippen molar-refractivity contribution in [2.75, 3.05) is 12.4 Å². The fourth-order valence-electron chi connectivity index (χ4n) is 3.89. The number of aliphatic hydroxyl groups is 1. The zero-order valence-electron chi connectivity index (χ0n) is 14.8. The molecule has 1 fully saturated rings. The first-order valence-electron chi connectivity index (χ1n) is 8.11. The van der Waals surface area contributed by atoms with Gasteiger partial charge in [-0.25, -0.2) is 0 Å². The fourth-order valence-corrected chi connectivity index (χ4v) is 3.89. The number of ether oxygens (including phenoxy) is 1. The second kappa shape index (κ2) is 6.52. The lowest BCUT2D eigenvalue weighted by atomic mass is 9.63. The molecule has 1 aromatic rings. The maximum absolute atomic E-state index is 13.1. The molecule has 0 aliphatic heterocycles. The van der Waals surface area contributed by atoms with Crippen LogP contribution in [0.15, 0.2) is 18.2 Å². The highest BCUT2D eigenvalue weighted by molar-refractivity contribution is 5.95. The van der Waals surface area contributed by atoms with E-state index in [4.69, 9.17) is 4.74 Å². The lowest BCUT2D eigenvalue weighted by Crippen LogP contribution is -2.45. The molecular weight excluding hydrogens is 335 g/mol. The number of anilines is 1. The van der Waals surface area contributed by atoms with Crippen molar-refractivity contribution in [3.05, 3.63) is 23.8 Å². The largest absolute Gasteiger partial charge is 0.496 e. The van der Waals surface area contributed by atoms with E-state index >= 15 is 0 Å².